The highest BCUT2D eigenvalue weighted by Crippen LogP contribution is 2.33. The first-order chi connectivity index (χ1) is 17.9. The lowest BCUT2D eigenvalue weighted by atomic mass is 9.96. The second-order valence-electron chi connectivity index (χ2n) is 10.1. The molecule has 2 saturated heterocycles. The van der Waals surface area contributed by atoms with E-state index in [0.717, 1.165) is 19.3 Å². The molecule has 3 fully saturated rings. The molecule has 0 bridgehead atoms. The van der Waals surface area contributed by atoms with E-state index in [2.05, 4.69) is 10.2 Å². The number of hydrogen-bond donors (Lipinski definition) is 2. The molecule has 1 saturated carbocycles. The number of hydrogen-bond acceptors (Lipinski definition) is 5. The van der Waals surface area contributed by atoms with Crippen LogP contribution in [0.3, 0.4) is 0 Å². The standard InChI is InChI=1S/C27H27FN4O5/c28-21-7-4-15(12-20(21)26(34)31-10-8-24-23(31)9-11-32(24)27(35)36)13-22-19-14-17(37-16-2-1-3-16)5-6-18(19)25(33)30-29-22/h4-7,12,14,16,23-24H,1-3,8-11,13H2,(H,30,33)(H,35,36). The lowest BCUT2D eigenvalue weighted by molar-refractivity contribution is 0.0725. The van der Waals surface area contributed by atoms with Gasteiger partial charge in [0.2, 0.25) is 0 Å². The fourth-order valence-electron chi connectivity index (χ4n) is 5.76. The molecule has 3 aliphatic rings. The number of aromatic nitrogens is 2. The zero-order valence-electron chi connectivity index (χ0n) is 20.2. The molecule has 2 aromatic carbocycles. The number of carbonyl (C=O) groups is 2. The molecule has 2 atom stereocenters. The van der Waals surface area contributed by atoms with E-state index in [9.17, 15) is 23.9 Å². The molecule has 37 heavy (non-hydrogen) atoms. The van der Waals surface area contributed by atoms with Crippen molar-refractivity contribution in [3.05, 3.63) is 69.4 Å². The van der Waals surface area contributed by atoms with Gasteiger partial charge in [-0.05, 0) is 68.0 Å². The smallest absolute Gasteiger partial charge is 0.407 e. The van der Waals surface area contributed by atoms with Gasteiger partial charge in [0.25, 0.3) is 11.5 Å². The average molecular weight is 507 g/mol. The Morgan fingerprint density at radius 3 is 2.51 bits per heavy atom. The second kappa shape index (κ2) is 9.17. The lowest BCUT2D eigenvalue weighted by Crippen LogP contribution is -2.41. The van der Waals surface area contributed by atoms with Gasteiger partial charge >= 0.3 is 6.09 Å². The van der Waals surface area contributed by atoms with E-state index < -0.39 is 17.8 Å². The van der Waals surface area contributed by atoms with Crippen molar-refractivity contribution in [2.24, 2.45) is 0 Å². The van der Waals surface area contributed by atoms with Gasteiger partial charge in [-0.15, -0.1) is 0 Å². The molecule has 2 N–H and O–H groups in total. The summed E-state index contributed by atoms with van der Waals surface area (Å²) in [6.45, 7) is 0.756. The lowest BCUT2D eigenvalue weighted by Gasteiger charge is -2.26. The van der Waals surface area contributed by atoms with E-state index in [1.165, 1.54) is 17.0 Å². The number of benzene rings is 2. The fraction of sp³-hybridized carbons (Fsp3) is 0.407. The summed E-state index contributed by atoms with van der Waals surface area (Å²) in [6, 6.07) is 9.24. The highest BCUT2D eigenvalue weighted by atomic mass is 19.1. The number of likely N-dealkylation sites (tertiary alicyclic amines) is 2. The van der Waals surface area contributed by atoms with E-state index >= 15 is 0 Å². The van der Waals surface area contributed by atoms with E-state index in [-0.39, 0.29) is 35.7 Å². The van der Waals surface area contributed by atoms with Gasteiger partial charge in [0.15, 0.2) is 0 Å². The topological polar surface area (TPSA) is 116 Å². The number of aromatic amines is 1. The average Bonchev–Trinajstić information content (AvgIpc) is 3.46. The maximum absolute atomic E-state index is 14.8. The van der Waals surface area contributed by atoms with Crippen molar-refractivity contribution in [3.8, 4) is 5.75 Å². The minimum atomic E-state index is -0.989. The zero-order chi connectivity index (χ0) is 25.7. The highest BCUT2D eigenvalue weighted by molar-refractivity contribution is 5.95. The molecular formula is C27H27FN4O5. The van der Waals surface area contributed by atoms with E-state index in [1.54, 1.807) is 23.1 Å². The third kappa shape index (κ3) is 4.20. The van der Waals surface area contributed by atoms with Gasteiger partial charge < -0.3 is 19.6 Å². The molecule has 2 aliphatic heterocycles. The second-order valence-corrected chi connectivity index (χ2v) is 10.1. The van der Waals surface area contributed by atoms with Crippen molar-refractivity contribution in [2.45, 2.75) is 56.7 Å². The van der Waals surface area contributed by atoms with Crippen LogP contribution in [-0.4, -0.2) is 68.4 Å². The van der Waals surface area contributed by atoms with E-state index in [0.29, 0.717) is 53.7 Å². The first-order valence-electron chi connectivity index (χ1n) is 12.7. The summed E-state index contributed by atoms with van der Waals surface area (Å²) in [5, 5.41) is 17.3. The van der Waals surface area contributed by atoms with Crippen LogP contribution in [0.2, 0.25) is 0 Å². The van der Waals surface area contributed by atoms with Crippen molar-refractivity contribution < 1.29 is 23.8 Å². The Bertz CT molecular complexity index is 1450. The molecule has 1 aromatic heterocycles. The Morgan fingerprint density at radius 1 is 1.03 bits per heavy atom. The Morgan fingerprint density at radius 2 is 1.78 bits per heavy atom. The Labute approximate surface area is 211 Å². The van der Waals surface area contributed by atoms with Gasteiger partial charge in [-0.3, -0.25) is 9.59 Å². The molecule has 10 heteroatoms. The molecular weight excluding hydrogens is 479 g/mol. The number of nitrogens with zero attached hydrogens (tertiary/aromatic N) is 3. The molecule has 9 nitrogen and oxygen atoms in total. The van der Waals surface area contributed by atoms with Crippen LogP contribution >= 0.6 is 0 Å². The van der Waals surface area contributed by atoms with Crippen LogP contribution in [0.4, 0.5) is 9.18 Å². The quantitative estimate of drug-likeness (QED) is 0.547. The van der Waals surface area contributed by atoms with Crippen molar-refractivity contribution in [2.75, 3.05) is 13.1 Å². The number of rotatable bonds is 5. The predicted molar refractivity (Wildman–Crippen MR) is 132 cm³/mol. The summed E-state index contributed by atoms with van der Waals surface area (Å²) in [6.07, 6.45) is 3.74. The number of halogens is 1. The number of ether oxygens (including phenoxy) is 1. The number of fused-ring (bicyclic) bond motifs is 2. The molecule has 2 amide bonds. The van der Waals surface area contributed by atoms with E-state index in [1.807, 2.05) is 6.07 Å². The summed E-state index contributed by atoms with van der Waals surface area (Å²) in [5.41, 5.74) is 0.909. The third-order valence-electron chi connectivity index (χ3n) is 7.91. The largest absolute Gasteiger partial charge is 0.490 e. The number of nitrogens with one attached hydrogen (secondary N) is 1. The minimum absolute atomic E-state index is 0.0466. The molecule has 0 spiro atoms. The number of H-pyrrole nitrogens is 1. The van der Waals surface area contributed by atoms with Crippen LogP contribution in [0.5, 0.6) is 5.75 Å². The summed E-state index contributed by atoms with van der Waals surface area (Å²) >= 11 is 0. The molecule has 2 unspecified atom stereocenters. The Hall–Kier alpha value is -3.95. The van der Waals surface area contributed by atoms with Crippen molar-refractivity contribution in [1.82, 2.24) is 20.0 Å². The normalized spacial score (nSPS) is 21.2. The Balaban J connectivity index is 1.27. The molecule has 1 aliphatic carbocycles. The van der Waals surface area contributed by atoms with Crippen LogP contribution in [0.25, 0.3) is 10.8 Å². The van der Waals surface area contributed by atoms with E-state index in [4.69, 9.17) is 4.74 Å². The summed E-state index contributed by atoms with van der Waals surface area (Å²) in [4.78, 5) is 40.2. The highest BCUT2D eigenvalue weighted by Gasteiger charge is 2.46. The first-order valence-corrected chi connectivity index (χ1v) is 12.7. The van der Waals surface area contributed by atoms with Crippen LogP contribution in [0.1, 0.15) is 53.7 Å². The van der Waals surface area contributed by atoms with Crippen LogP contribution < -0.4 is 10.3 Å². The SMILES string of the molecule is O=C(O)N1CCC2C1CCN2C(=O)c1cc(Cc2n[nH]c(=O)c3ccc(OC4CCC4)cc23)ccc1F. The van der Waals surface area contributed by atoms with Gasteiger partial charge in [-0.2, -0.15) is 5.10 Å². The monoisotopic (exact) mass is 506 g/mol. The third-order valence-corrected chi connectivity index (χ3v) is 7.91. The molecule has 3 aromatic rings. The van der Waals surface area contributed by atoms with Gasteiger partial charge in [-0.1, -0.05) is 6.07 Å². The fourth-order valence-corrected chi connectivity index (χ4v) is 5.76. The molecule has 0 radical (unpaired) electrons. The number of carboxylic acid groups (broad SMARTS) is 1. The maximum Gasteiger partial charge on any atom is 0.407 e. The zero-order valence-corrected chi connectivity index (χ0v) is 20.2. The van der Waals surface area contributed by atoms with Gasteiger partial charge in [-0.25, -0.2) is 14.3 Å². The molecule has 3 heterocycles. The van der Waals surface area contributed by atoms with Crippen LogP contribution in [0, 0.1) is 5.82 Å². The van der Waals surface area contributed by atoms with Gasteiger partial charge in [0.05, 0.1) is 34.8 Å². The maximum atomic E-state index is 14.8. The van der Waals surface area contributed by atoms with Crippen molar-refractivity contribution in [3.63, 3.8) is 0 Å². The van der Waals surface area contributed by atoms with Crippen LogP contribution in [-0.2, 0) is 6.42 Å². The number of carbonyl (C=O) groups excluding carboxylic acids is 1. The van der Waals surface area contributed by atoms with Gasteiger partial charge in [0.1, 0.15) is 11.6 Å². The predicted octanol–water partition coefficient (Wildman–Crippen LogP) is 3.55. The van der Waals surface area contributed by atoms with Crippen molar-refractivity contribution >= 4 is 22.8 Å². The van der Waals surface area contributed by atoms with Crippen molar-refractivity contribution in [1.29, 1.82) is 0 Å². The Kier molecular flexibility index (Phi) is 5.81. The first kappa shape index (κ1) is 23.4. The summed E-state index contributed by atoms with van der Waals surface area (Å²) in [7, 11) is 0. The van der Waals surface area contributed by atoms with Crippen LogP contribution in [0.15, 0.2) is 41.2 Å². The van der Waals surface area contributed by atoms with Gasteiger partial charge in [0, 0.05) is 24.9 Å². The summed E-state index contributed by atoms with van der Waals surface area (Å²) < 4.78 is 20.9. The molecule has 6 rings (SSSR count). The summed E-state index contributed by atoms with van der Waals surface area (Å²) in [5.74, 6) is -0.383. The molecule has 192 valence electrons. The number of amides is 2. The minimum Gasteiger partial charge on any atom is -0.490 e.